The molecule has 0 amide bonds. The first-order valence-corrected chi connectivity index (χ1v) is 7.27. The molecule has 3 rings (SSSR count). The summed E-state index contributed by atoms with van der Waals surface area (Å²) in [5.74, 6) is 1.37. The van der Waals surface area contributed by atoms with Gasteiger partial charge >= 0.3 is 5.63 Å². The molecule has 0 aliphatic rings. The summed E-state index contributed by atoms with van der Waals surface area (Å²) < 4.78 is 6.47. The lowest BCUT2D eigenvalue weighted by atomic mass is 10.2. The fourth-order valence-electron chi connectivity index (χ4n) is 1.99. The summed E-state index contributed by atoms with van der Waals surface area (Å²) in [6.07, 6.45) is 1.51. The van der Waals surface area contributed by atoms with Crippen LogP contribution in [0.3, 0.4) is 0 Å². The molecule has 7 nitrogen and oxygen atoms in total. The van der Waals surface area contributed by atoms with Crippen LogP contribution in [0.4, 0.5) is 0 Å². The van der Waals surface area contributed by atoms with E-state index < -0.39 is 5.63 Å². The minimum absolute atomic E-state index is 0.0472. The van der Waals surface area contributed by atoms with Gasteiger partial charge in [0.25, 0.3) is 5.78 Å². The quantitative estimate of drug-likeness (QED) is 0.738. The number of aromatic hydroxyl groups is 1. The molecule has 0 spiro atoms. The highest BCUT2D eigenvalue weighted by Crippen LogP contribution is 2.26. The second-order valence-electron chi connectivity index (χ2n) is 4.27. The highest BCUT2D eigenvalue weighted by molar-refractivity contribution is 7.99. The average molecular weight is 304 g/mol. The molecular weight excluding hydrogens is 292 g/mol. The summed E-state index contributed by atoms with van der Waals surface area (Å²) in [6.45, 7) is 3.59. The number of thioether (sulfide) groups is 1. The van der Waals surface area contributed by atoms with Crippen molar-refractivity contribution in [2.45, 2.75) is 19.0 Å². The SMILES string of the molecule is CCSc1nc2nccc(-c3c(O)cc(C)oc3=O)n2n1. The first-order valence-electron chi connectivity index (χ1n) is 6.29. The summed E-state index contributed by atoms with van der Waals surface area (Å²) in [5.41, 5.74) is -0.187. The van der Waals surface area contributed by atoms with Crippen LogP contribution in [-0.2, 0) is 0 Å². The highest BCUT2D eigenvalue weighted by atomic mass is 32.2. The van der Waals surface area contributed by atoms with Gasteiger partial charge in [0.05, 0.1) is 5.69 Å². The predicted octanol–water partition coefficient (Wildman–Crippen LogP) is 1.87. The van der Waals surface area contributed by atoms with E-state index in [9.17, 15) is 9.90 Å². The van der Waals surface area contributed by atoms with Gasteiger partial charge in [0.2, 0.25) is 5.16 Å². The molecule has 0 bridgehead atoms. The molecule has 21 heavy (non-hydrogen) atoms. The summed E-state index contributed by atoms with van der Waals surface area (Å²) in [6, 6.07) is 2.98. The maximum Gasteiger partial charge on any atom is 0.349 e. The van der Waals surface area contributed by atoms with E-state index in [4.69, 9.17) is 4.42 Å². The molecule has 0 saturated heterocycles. The lowest BCUT2D eigenvalue weighted by molar-refractivity contribution is 0.437. The van der Waals surface area contributed by atoms with Crippen molar-refractivity contribution in [1.29, 1.82) is 0 Å². The molecule has 3 heterocycles. The van der Waals surface area contributed by atoms with Gasteiger partial charge in [-0.2, -0.15) is 9.50 Å². The number of hydrogen-bond acceptors (Lipinski definition) is 7. The van der Waals surface area contributed by atoms with Gasteiger partial charge in [0.15, 0.2) is 0 Å². The Hall–Kier alpha value is -2.35. The molecular formula is C13H12N4O3S. The molecule has 0 atom stereocenters. The summed E-state index contributed by atoms with van der Waals surface area (Å²) >= 11 is 1.47. The molecule has 8 heteroatoms. The molecule has 3 aromatic heterocycles. The zero-order valence-electron chi connectivity index (χ0n) is 11.4. The Kier molecular flexibility index (Phi) is 3.38. The number of fused-ring (bicyclic) bond motifs is 1. The molecule has 3 aromatic rings. The topological polar surface area (TPSA) is 93.5 Å². The molecule has 0 aromatic carbocycles. The van der Waals surface area contributed by atoms with Crippen molar-refractivity contribution in [2.75, 3.05) is 5.75 Å². The molecule has 0 fully saturated rings. The smallest absolute Gasteiger partial charge is 0.349 e. The van der Waals surface area contributed by atoms with Gasteiger partial charge in [0.1, 0.15) is 17.1 Å². The van der Waals surface area contributed by atoms with E-state index in [1.165, 1.54) is 28.5 Å². The predicted molar refractivity (Wildman–Crippen MR) is 77.6 cm³/mol. The van der Waals surface area contributed by atoms with Crippen LogP contribution >= 0.6 is 11.8 Å². The number of aromatic nitrogens is 4. The maximum absolute atomic E-state index is 12.0. The summed E-state index contributed by atoms with van der Waals surface area (Å²) in [7, 11) is 0. The van der Waals surface area contributed by atoms with Gasteiger partial charge < -0.3 is 9.52 Å². The van der Waals surface area contributed by atoms with Crippen LogP contribution in [0, 0.1) is 6.92 Å². The van der Waals surface area contributed by atoms with Crippen molar-refractivity contribution in [3.8, 4) is 17.0 Å². The fourth-order valence-corrected chi connectivity index (χ4v) is 2.53. The number of hydrogen-bond donors (Lipinski definition) is 1. The van der Waals surface area contributed by atoms with Gasteiger partial charge in [-0.15, -0.1) is 5.10 Å². The van der Waals surface area contributed by atoms with Crippen LogP contribution in [0.5, 0.6) is 5.75 Å². The highest BCUT2D eigenvalue weighted by Gasteiger charge is 2.17. The second-order valence-corrected chi connectivity index (χ2v) is 5.51. The molecule has 0 unspecified atom stereocenters. The number of rotatable bonds is 3. The van der Waals surface area contributed by atoms with Gasteiger partial charge in [-0.1, -0.05) is 18.7 Å². The van der Waals surface area contributed by atoms with Crippen LogP contribution < -0.4 is 5.63 Å². The second kappa shape index (κ2) is 5.21. The van der Waals surface area contributed by atoms with Crippen molar-refractivity contribution in [3.63, 3.8) is 0 Å². The summed E-state index contributed by atoms with van der Waals surface area (Å²) in [4.78, 5) is 20.4. The van der Waals surface area contributed by atoms with E-state index in [1.54, 1.807) is 13.0 Å². The van der Waals surface area contributed by atoms with Crippen LogP contribution in [0.2, 0.25) is 0 Å². The van der Waals surface area contributed by atoms with Gasteiger partial charge in [0, 0.05) is 12.3 Å². The van der Waals surface area contributed by atoms with Crippen LogP contribution in [-0.4, -0.2) is 30.4 Å². The average Bonchev–Trinajstić information content (AvgIpc) is 2.81. The van der Waals surface area contributed by atoms with Crippen molar-refractivity contribution in [2.24, 2.45) is 0 Å². The Morgan fingerprint density at radius 1 is 1.48 bits per heavy atom. The third kappa shape index (κ3) is 2.38. The van der Waals surface area contributed by atoms with E-state index in [0.717, 1.165) is 5.75 Å². The van der Waals surface area contributed by atoms with E-state index in [1.807, 2.05) is 6.92 Å². The summed E-state index contributed by atoms with van der Waals surface area (Å²) in [5, 5.41) is 14.9. The van der Waals surface area contributed by atoms with Crippen molar-refractivity contribution in [3.05, 3.63) is 34.5 Å². The zero-order valence-corrected chi connectivity index (χ0v) is 12.2. The van der Waals surface area contributed by atoms with Crippen LogP contribution in [0.15, 0.2) is 32.7 Å². The molecule has 0 aliphatic carbocycles. The van der Waals surface area contributed by atoms with Crippen LogP contribution in [0.25, 0.3) is 17.0 Å². The number of nitrogens with zero attached hydrogens (tertiary/aromatic N) is 4. The third-order valence-corrected chi connectivity index (χ3v) is 3.52. The van der Waals surface area contributed by atoms with E-state index in [-0.39, 0.29) is 11.3 Å². The monoisotopic (exact) mass is 304 g/mol. The van der Waals surface area contributed by atoms with Crippen molar-refractivity contribution in [1.82, 2.24) is 19.6 Å². The largest absolute Gasteiger partial charge is 0.507 e. The Morgan fingerprint density at radius 2 is 2.29 bits per heavy atom. The minimum Gasteiger partial charge on any atom is -0.507 e. The molecule has 1 N–H and O–H groups in total. The lowest BCUT2D eigenvalue weighted by Gasteiger charge is -2.05. The van der Waals surface area contributed by atoms with Crippen molar-refractivity contribution < 1.29 is 9.52 Å². The lowest BCUT2D eigenvalue weighted by Crippen LogP contribution is -2.08. The standard InChI is InChI=1S/C13H12N4O3S/c1-3-21-13-15-12-14-5-4-8(17(12)16-13)10-9(18)6-7(2)20-11(10)19/h4-6,18H,3H2,1-2H3. The normalized spacial score (nSPS) is 11.1. The third-order valence-electron chi connectivity index (χ3n) is 2.80. The molecule has 0 saturated carbocycles. The Labute approximate surface area is 123 Å². The fraction of sp³-hybridized carbons (Fsp3) is 0.231. The van der Waals surface area contributed by atoms with Gasteiger partial charge in [-0.3, -0.25) is 0 Å². The van der Waals surface area contributed by atoms with Gasteiger partial charge in [-0.25, -0.2) is 9.78 Å². The Balaban J connectivity index is 2.28. The molecule has 0 aliphatic heterocycles. The maximum atomic E-state index is 12.0. The zero-order chi connectivity index (χ0) is 15.0. The first-order chi connectivity index (χ1) is 10.1. The van der Waals surface area contributed by atoms with Gasteiger partial charge in [-0.05, 0) is 18.7 Å². The Bertz CT molecular complexity index is 871. The first kappa shape index (κ1) is 13.6. The van der Waals surface area contributed by atoms with E-state index >= 15 is 0 Å². The molecule has 108 valence electrons. The van der Waals surface area contributed by atoms with E-state index in [2.05, 4.69) is 15.1 Å². The van der Waals surface area contributed by atoms with E-state index in [0.29, 0.717) is 22.4 Å². The Morgan fingerprint density at radius 3 is 3.00 bits per heavy atom. The van der Waals surface area contributed by atoms with Crippen molar-refractivity contribution >= 4 is 17.5 Å². The molecule has 0 radical (unpaired) electrons. The minimum atomic E-state index is -0.625. The van der Waals surface area contributed by atoms with Crippen LogP contribution in [0.1, 0.15) is 12.7 Å². The number of aryl methyl sites for hydroxylation is 1.